The van der Waals surface area contributed by atoms with E-state index in [1.165, 1.54) is 4.90 Å². The molecule has 0 bridgehead atoms. The van der Waals surface area contributed by atoms with Crippen LogP contribution in [0.4, 0.5) is 22.0 Å². The van der Waals surface area contributed by atoms with Crippen molar-refractivity contribution in [2.45, 2.75) is 18.1 Å². The lowest BCUT2D eigenvalue weighted by molar-refractivity contribution is -0.138. The summed E-state index contributed by atoms with van der Waals surface area (Å²) in [5.41, 5.74) is -1.38. The van der Waals surface area contributed by atoms with Crippen LogP contribution in [0.25, 0.3) is 0 Å². The second-order valence-corrected chi connectivity index (χ2v) is 5.75. The van der Waals surface area contributed by atoms with E-state index in [1.54, 1.807) is 0 Å². The Hall–Kier alpha value is -0.960. The first-order chi connectivity index (χ1) is 10.7. The van der Waals surface area contributed by atoms with Crippen LogP contribution in [-0.2, 0) is 6.18 Å². The van der Waals surface area contributed by atoms with E-state index >= 15 is 0 Å². The molecule has 1 fully saturated rings. The summed E-state index contributed by atoms with van der Waals surface area (Å²) in [6.07, 6.45) is -4.74. The molecule has 1 aromatic carbocycles. The van der Waals surface area contributed by atoms with Crippen molar-refractivity contribution in [1.29, 1.82) is 0 Å². The Kier molecular flexibility index (Phi) is 5.50. The highest BCUT2D eigenvalue weighted by molar-refractivity contribution is 6.31. The molecule has 1 aromatic rings. The van der Waals surface area contributed by atoms with Crippen LogP contribution in [0.1, 0.15) is 17.2 Å². The molecule has 1 atom stereocenters. The van der Waals surface area contributed by atoms with Gasteiger partial charge in [0.25, 0.3) is 5.92 Å². The number of alkyl halides is 5. The fourth-order valence-electron chi connectivity index (χ4n) is 2.68. The van der Waals surface area contributed by atoms with E-state index in [1.807, 2.05) is 0 Å². The molecule has 9 heteroatoms. The Morgan fingerprint density at radius 1 is 1.17 bits per heavy atom. The monoisotopic (exact) mass is 358 g/mol. The fraction of sp³-hybridized carbons (Fsp3) is 0.571. The lowest BCUT2D eigenvalue weighted by Crippen LogP contribution is -2.51. The number of nitrogens with one attached hydrogen (secondary N) is 1. The molecule has 0 unspecified atom stereocenters. The Morgan fingerprint density at radius 3 is 2.30 bits per heavy atom. The van der Waals surface area contributed by atoms with Gasteiger partial charge < -0.3 is 10.4 Å². The van der Waals surface area contributed by atoms with Gasteiger partial charge in [0.05, 0.1) is 10.6 Å². The number of nitrogens with zero attached hydrogens (tertiary/aromatic N) is 1. The van der Waals surface area contributed by atoms with Gasteiger partial charge in [0.2, 0.25) is 0 Å². The number of hydrogen-bond acceptors (Lipinski definition) is 3. The van der Waals surface area contributed by atoms with Crippen molar-refractivity contribution < 1.29 is 27.1 Å². The van der Waals surface area contributed by atoms with Gasteiger partial charge in [-0.3, -0.25) is 4.90 Å². The summed E-state index contributed by atoms with van der Waals surface area (Å²) in [6.45, 7) is -0.0878. The lowest BCUT2D eigenvalue weighted by Gasteiger charge is -2.39. The van der Waals surface area contributed by atoms with Gasteiger partial charge in [0.1, 0.15) is 12.6 Å². The van der Waals surface area contributed by atoms with Crippen LogP contribution in [0.5, 0.6) is 0 Å². The summed E-state index contributed by atoms with van der Waals surface area (Å²) in [6, 6.07) is 1.10. The molecule has 130 valence electrons. The Labute approximate surface area is 135 Å². The number of halogens is 6. The van der Waals surface area contributed by atoms with E-state index in [9.17, 15) is 22.0 Å². The first kappa shape index (κ1) is 18.4. The summed E-state index contributed by atoms with van der Waals surface area (Å²) >= 11 is 5.54. The van der Waals surface area contributed by atoms with Crippen LogP contribution in [0.3, 0.4) is 0 Å². The maximum atomic E-state index is 14.2. The molecular weight excluding hydrogens is 343 g/mol. The Morgan fingerprint density at radius 2 is 1.78 bits per heavy atom. The van der Waals surface area contributed by atoms with E-state index in [0.29, 0.717) is 19.2 Å². The summed E-state index contributed by atoms with van der Waals surface area (Å²) in [4.78, 5) is 1.37. The van der Waals surface area contributed by atoms with Crippen LogP contribution in [0.2, 0.25) is 5.02 Å². The quantitative estimate of drug-likeness (QED) is 0.812. The molecule has 23 heavy (non-hydrogen) atoms. The third-order valence-corrected chi connectivity index (χ3v) is 4.07. The van der Waals surface area contributed by atoms with Crippen LogP contribution in [0, 0.1) is 0 Å². The number of benzene rings is 1. The van der Waals surface area contributed by atoms with Gasteiger partial charge in [0, 0.05) is 26.2 Å². The van der Waals surface area contributed by atoms with Crippen LogP contribution >= 0.6 is 11.6 Å². The summed E-state index contributed by atoms with van der Waals surface area (Å²) in [5, 5.41) is 11.4. The molecule has 1 heterocycles. The van der Waals surface area contributed by atoms with Crippen LogP contribution in [0.15, 0.2) is 18.2 Å². The second-order valence-electron chi connectivity index (χ2n) is 5.34. The van der Waals surface area contributed by atoms with Crippen molar-refractivity contribution in [2.24, 2.45) is 0 Å². The maximum Gasteiger partial charge on any atom is 0.417 e. The predicted molar refractivity (Wildman–Crippen MR) is 75.7 cm³/mol. The molecule has 3 nitrogen and oxygen atoms in total. The average molecular weight is 359 g/mol. The van der Waals surface area contributed by atoms with Gasteiger partial charge in [-0.2, -0.15) is 13.2 Å². The third kappa shape index (κ3) is 4.12. The maximum absolute atomic E-state index is 14.2. The molecule has 1 aliphatic heterocycles. The predicted octanol–water partition coefficient (Wildman–Crippen LogP) is 2.93. The minimum absolute atomic E-state index is 0.220. The zero-order valence-electron chi connectivity index (χ0n) is 12.0. The molecule has 2 N–H and O–H groups in total. The topological polar surface area (TPSA) is 35.5 Å². The first-order valence-electron chi connectivity index (χ1n) is 6.97. The minimum atomic E-state index is -4.74. The van der Waals surface area contributed by atoms with E-state index in [0.717, 1.165) is 12.1 Å². The van der Waals surface area contributed by atoms with Crippen molar-refractivity contribution in [3.8, 4) is 0 Å². The summed E-state index contributed by atoms with van der Waals surface area (Å²) in [7, 11) is 0. The van der Waals surface area contributed by atoms with Gasteiger partial charge in [-0.15, -0.1) is 0 Å². The smallest absolute Gasteiger partial charge is 0.390 e. The molecule has 1 aliphatic rings. The van der Waals surface area contributed by atoms with Crippen molar-refractivity contribution in [2.75, 3.05) is 32.8 Å². The molecule has 0 aromatic heterocycles. The zero-order chi connectivity index (χ0) is 17.3. The standard InChI is InChI=1S/C14H16ClF5N2O/c15-11-2-1-9(7-10(11)14(18,19)20)12(13(16,17)8-23)22-5-3-21-4-6-22/h1-2,7,12,21,23H,3-6,8H2/t12-/m1/s1. The average Bonchev–Trinajstić information content (AvgIpc) is 2.49. The molecular formula is C14H16ClF5N2O. The molecule has 0 amide bonds. The van der Waals surface area contributed by atoms with Crippen molar-refractivity contribution in [3.05, 3.63) is 34.3 Å². The van der Waals surface area contributed by atoms with Gasteiger partial charge in [-0.1, -0.05) is 17.7 Å². The molecule has 1 saturated heterocycles. The van der Waals surface area contributed by atoms with Gasteiger partial charge in [-0.05, 0) is 17.7 Å². The van der Waals surface area contributed by atoms with Crippen molar-refractivity contribution in [1.82, 2.24) is 10.2 Å². The Balaban J connectivity index is 2.47. The molecule has 0 saturated carbocycles. The van der Waals surface area contributed by atoms with Gasteiger partial charge in [-0.25, -0.2) is 8.78 Å². The second kappa shape index (κ2) is 6.88. The van der Waals surface area contributed by atoms with E-state index in [2.05, 4.69) is 5.32 Å². The van der Waals surface area contributed by atoms with Crippen LogP contribution in [-0.4, -0.2) is 48.7 Å². The number of hydrogen-bond donors (Lipinski definition) is 2. The largest absolute Gasteiger partial charge is 0.417 e. The van der Waals surface area contributed by atoms with E-state index in [4.69, 9.17) is 16.7 Å². The fourth-order valence-corrected chi connectivity index (χ4v) is 2.90. The molecule has 0 radical (unpaired) electrons. The highest BCUT2D eigenvalue weighted by Gasteiger charge is 2.45. The van der Waals surface area contributed by atoms with E-state index < -0.39 is 35.3 Å². The number of rotatable bonds is 4. The van der Waals surface area contributed by atoms with E-state index in [-0.39, 0.29) is 18.7 Å². The molecule has 0 spiro atoms. The van der Waals surface area contributed by atoms with Crippen molar-refractivity contribution in [3.63, 3.8) is 0 Å². The number of piperazine rings is 1. The SMILES string of the molecule is OCC(F)(F)[C@@H](c1ccc(Cl)c(C(F)(F)F)c1)N1CCNCC1. The molecule has 2 rings (SSSR count). The summed E-state index contributed by atoms with van der Waals surface area (Å²) < 4.78 is 67.3. The number of aliphatic hydroxyl groups is 1. The highest BCUT2D eigenvalue weighted by atomic mass is 35.5. The van der Waals surface area contributed by atoms with Gasteiger partial charge >= 0.3 is 6.18 Å². The first-order valence-corrected chi connectivity index (χ1v) is 7.34. The Bertz CT molecular complexity index is 546. The minimum Gasteiger partial charge on any atom is -0.390 e. The zero-order valence-corrected chi connectivity index (χ0v) is 12.8. The lowest BCUT2D eigenvalue weighted by atomic mass is 9.96. The van der Waals surface area contributed by atoms with Gasteiger partial charge in [0.15, 0.2) is 0 Å². The molecule has 0 aliphatic carbocycles. The normalized spacial score (nSPS) is 18.9. The highest BCUT2D eigenvalue weighted by Crippen LogP contribution is 2.41. The van der Waals surface area contributed by atoms with Crippen LogP contribution < -0.4 is 5.32 Å². The van der Waals surface area contributed by atoms with Crippen molar-refractivity contribution >= 4 is 11.6 Å². The third-order valence-electron chi connectivity index (χ3n) is 3.74. The number of aliphatic hydroxyl groups excluding tert-OH is 1. The summed E-state index contributed by atoms with van der Waals surface area (Å²) in [5.74, 6) is -3.58.